The molecular formula is C11H16ClN3O3S. The zero-order valence-corrected chi connectivity index (χ0v) is 11.9. The van der Waals surface area contributed by atoms with Gasteiger partial charge in [-0.2, -0.15) is 0 Å². The largest absolute Gasteiger partial charge is 0.313 e. The number of nitrogens with one attached hydrogen (secondary N) is 1. The Morgan fingerprint density at radius 3 is 2.79 bits per heavy atom. The van der Waals surface area contributed by atoms with Crippen LogP contribution in [0.25, 0.3) is 0 Å². The number of piperidine rings is 1. The highest BCUT2D eigenvalue weighted by atomic mass is 35.5. The van der Waals surface area contributed by atoms with Gasteiger partial charge < -0.3 is 5.32 Å². The van der Waals surface area contributed by atoms with Crippen molar-refractivity contribution < 1.29 is 9.13 Å². The minimum Gasteiger partial charge on any atom is -0.313 e. The number of pyridine rings is 1. The van der Waals surface area contributed by atoms with Crippen LogP contribution >= 0.6 is 12.4 Å². The first-order valence-corrected chi connectivity index (χ1v) is 7.21. The van der Waals surface area contributed by atoms with Crippen LogP contribution in [0.3, 0.4) is 0 Å². The van der Waals surface area contributed by atoms with Crippen LogP contribution in [-0.2, 0) is 10.8 Å². The van der Waals surface area contributed by atoms with Crippen LogP contribution in [0, 0.1) is 10.1 Å². The monoisotopic (exact) mass is 305 g/mol. The van der Waals surface area contributed by atoms with E-state index in [0.717, 1.165) is 25.6 Å². The van der Waals surface area contributed by atoms with Gasteiger partial charge in [0.15, 0.2) is 0 Å². The normalized spacial score (nSPS) is 20.3. The molecule has 0 aromatic carbocycles. The molecule has 19 heavy (non-hydrogen) atoms. The molecule has 106 valence electrons. The minimum atomic E-state index is -1.20. The first kappa shape index (κ1) is 16.0. The summed E-state index contributed by atoms with van der Waals surface area (Å²) < 4.78 is 12.0. The van der Waals surface area contributed by atoms with Gasteiger partial charge in [0.05, 0.1) is 15.7 Å². The number of aromatic nitrogens is 1. The molecule has 6 nitrogen and oxygen atoms in total. The van der Waals surface area contributed by atoms with Crippen LogP contribution < -0.4 is 5.32 Å². The zero-order chi connectivity index (χ0) is 13.0. The molecule has 1 fully saturated rings. The summed E-state index contributed by atoms with van der Waals surface area (Å²) in [5.74, 6) is 0.519. The third-order valence-electron chi connectivity index (χ3n) is 2.93. The van der Waals surface area contributed by atoms with E-state index in [2.05, 4.69) is 10.3 Å². The Balaban J connectivity index is 0.00000180. The Labute approximate surface area is 120 Å². The molecule has 2 atom stereocenters. The van der Waals surface area contributed by atoms with E-state index >= 15 is 0 Å². The van der Waals surface area contributed by atoms with E-state index < -0.39 is 15.7 Å². The number of hydrogen-bond donors (Lipinski definition) is 1. The predicted molar refractivity (Wildman–Crippen MR) is 75.1 cm³/mol. The molecule has 2 unspecified atom stereocenters. The standard InChI is InChI=1S/C11H15N3O3S.ClH/c15-14(16)10-4-5-11(13-7-10)18(17)8-9-3-1-2-6-12-9;/h4-5,7,9,12H,1-3,6,8H2;1H. The molecule has 0 bridgehead atoms. The predicted octanol–water partition coefficient (Wildman–Crippen LogP) is 1.66. The second-order valence-electron chi connectivity index (χ2n) is 4.27. The topological polar surface area (TPSA) is 85.1 Å². The maximum absolute atomic E-state index is 12.0. The number of halogens is 1. The van der Waals surface area contributed by atoms with E-state index in [9.17, 15) is 14.3 Å². The van der Waals surface area contributed by atoms with Crippen molar-refractivity contribution in [2.75, 3.05) is 12.3 Å². The van der Waals surface area contributed by atoms with Gasteiger partial charge in [0, 0.05) is 17.9 Å². The van der Waals surface area contributed by atoms with Crippen molar-refractivity contribution in [2.24, 2.45) is 0 Å². The summed E-state index contributed by atoms with van der Waals surface area (Å²) in [5, 5.41) is 14.2. The smallest absolute Gasteiger partial charge is 0.287 e. The molecule has 1 aromatic heterocycles. The molecular weight excluding hydrogens is 290 g/mol. The highest BCUT2D eigenvalue weighted by Crippen LogP contribution is 2.14. The molecule has 1 aliphatic rings. The number of nitro groups is 1. The highest BCUT2D eigenvalue weighted by Gasteiger charge is 2.17. The molecule has 2 rings (SSSR count). The second kappa shape index (κ2) is 7.52. The maximum Gasteiger partial charge on any atom is 0.287 e. The lowest BCUT2D eigenvalue weighted by Crippen LogP contribution is -2.38. The Morgan fingerprint density at radius 1 is 1.47 bits per heavy atom. The van der Waals surface area contributed by atoms with Crippen LogP contribution in [0.2, 0.25) is 0 Å². The zero-order valence-electron chi connectivity index (χ0n) is 10.3. The Bertz CT molecular complexity index is 449. The van der Waals surface area contributed by atoms with E-state index in [1.807, 2.05) is 0 Å². The van der Waals surface area contributed by atoms with Gasteiger partial charge in [-0.1, -0.05) is 6.42 Å². The summed E-state index contributed by atoms with van der Waals surface area (Å²) >= 11 is 0. The first-order valence-electron chi connectivity index (χ1n) is 5.89. The van der Waals surface area contributed by atoms with E-state index in [4.69, 9.17) is 0 Å². The fraction of sp³-hybridized carbons (Fsp3) is 0.545. The molecule has 1 N–H and O–H groups in total. The molecule has 1 saturated heterocycles. The summed E-state index contributed by atoms with van der Waals surface area (Å²) in [6, 6.07) is 3.07. The Morgan fingerprint density at radius 2 is 2.26 bits per heavy atom. The van der Waals surface area contributed by atoms with Gasteiger partial charge in [-0.25, -0.2) is 4.98 Å². The van der Waals surface area contributed by atoms with Crippen molar-refractivity contribution in [1.82, 2.24) is 10.3 Å². The van der Waals surface area contributed by atoms with Gasteiger partial charge in [-0.15, -0.1) is 12.4 Å². The van der Waals surface area contributed by atoms with E-state index in [1.54, 1.807) is 0 Å². The fourth-order valence-corrected chi connectivity index (χ4v) is 3.16. The number of rotatable bonds is 4. The molecule has 0 radical (unpaired) electrons. The lowest BCUT2D eigenvalue weighted by atomic mass is 10.1. The molecule has 1 aromatic rings. The van der Waals surface area contributed by atoms with Gasteiger partial charge in [0.1, 0.15) is 11.2 Å². The van der Waals surface area contributed by atoms with Gasteiger partial charge >= 0.3 is 0 Å². The summed E-state index contributed by atoms with van der Waals surface area (Å²) in [4.78, 5) is 13.9. The van der Waals surface area contributed by atoms with Crippen molar-refractivity contribution >= 4 is 28.9 Å². The quantitative estimate of drug-likeness (QED) is 0.675. The third kappa shape index (κ3) is 4.52. The van der Waals surface area contributed by atoms with Gasteiger partial charge in [-0.05, 0) is 25.5 Å². The average Bonchev–Trinajstić information content (AvgIpc) is 2.40. The Kier molecular flexibility index (Phi) is 6.33. The van der Waals surface area contributed by atoms with Crippen LogP contribution in [-0.4, -0.2) is 32.5 Å². The Hall–Kier alpha value is -1.05. The van der Waals surface area contributed by atoms with Crippen LogP contribution in [0.4, 0.5) is 5.69 Å². The van der Waals surface area contributed by atoms with Gasteiger partial charge in [0.2, 0.25) is 0 Å². The van der Waals surface area contributed by atoms with Crippen molar-refractivity contribution in [3.8, 4) is 0 Å². The summed E-state index contributed by atoms with van der Waals surface area (Å²) in [6.07, 6.45) is 4.50. The van der Waals surface area contributed by atoms with E-state index in [0.29, 0.717) is 10.8 Å². The molecule has 0 saturated carbocycles. The van der Waals surface area contributed by atoms with Crippen LogP contribution in [0.5, 0.6) is 0 Å². The first-order chi connectivity index (χ1) is 8.66. The van der Waals surface area contributed by atoms with Gasteiger partial charge in [-0.3, -0.25) is 14.3 Å². The summed E-state index contributed by atoms with van der Waals surface area (Å²) in [5.41, 5.74) is -0.0773. The van der Waals surface area contributed by atoms with Crippen LogP contribution in [0.15, 0.2) is 23.4 Å². The van der Waals surface area contributed by atoms with Crippen molar-refractivity contribution in [2.45, 2.75) is 30.3 Å². The molecule has 0 amide bonds. The maximum atomic E-state index is 12.0. The molecule has 8 heteroatoms. The fourth-order valence-electron chi connectivity index (χ4n) is 1.95. The minimum absolute atomic E-state index is 0. The van der Waals surface area contributed by atoms with Crippen molar-refractivity contribution in [3.05, 3.63) is 28.4 Å². The number of nitrogens with zero attached hydrogens (tertiary/aromatic N) is 2. The summed E-state index contributed by atoms with van der Waals surface area (Å²) in [6.45, 7) is 0.968. The number of hydrogen-bond acceptors (Lipinski definition) is 5. The lowest BCUT2D eigenvalue weighted by Gasteiger charge is -2.22. The lowest BCUT2D eigenvalue weighted by molar-refractivity contribution is -0.385. The second-order valence-corrected chi connectivity index (χ2v) is 5.71. The van der Waals surface area contributed by atoms with E-state index in [1.165, 1.54) is 18.6 Å². The molecule has 0 spiro atoms. The SMILES string of the molecule is Cl.O=[N+]([O-])c1ccc(S(=O)CC2CCCCN2)nc1. The average molecular weight is 306 g/mol. The highest BCUT2D eigenvalue weighted by molar-refractivity contribution is 7.85. The molecule has 0 aliphatic carbocycles. The van der Waals surface area contributed by atoms with Crippen molar-refractivity contribution in [1.29, 1.82) is 0 Å². The van der Waals surface area contributed by atoms with E-state index in [-0.39, 0.29) is 24.1 Å². The summed E-state index contributed by atoms with van der Waals surface area (Å²) in [7, 11) is -1.20. The van der Waals surface area contributed by atoms with Crippen molar-refractivity contribution in [3.63, 3.8) is 0 Å². The molecule has 1 aliphatic heterocycles. The molecule has 2 heterocycles. The van der Waals surface area contributed by atoms with Gasteiger partial charge in [0.25, 0.3) is 5.69 Å². The van der Waals surface area contributed by atoms with Crippen LogP contribution in [0.1, 0.15) is 19.3 Å². The third-order valence-corrected chi connectivity index (χ3v) is 4.34.